The lowest BCUT2D eigenvalue weighted by molar-refractivity contribution is 0.0629. The average molecular weight is 171 g/mol. The fourth-order valence-electron chi connectivity index (χ4n) is 1.56. The molecule has 0 saturated carbocycles. The van der Waals surface area contributed by atoms with Gasteiger partial charge in [-0.1, -0.05) is 12.2 Å². The van der Waals surface area contributed by atoms with E-state index in [1.807, 2.05) is 6.08 Å². The Morgan fingerprint density at radius 2 is 2.08 bits per heavy atom. The van der Waals surface area contributed by atoms with Gasteiger partial charge in [0.05, 0.1) is 12.2 Å². The molecular weight excluding hydrogens is 154 g/mol. The molecule has 0 aromatic rings. The number of rotatable bonds is 3. The van der Waals surface area contributed by atoms with Gasteiger partial charge in [0, 0.05) is 6.54 Å². The first-order valence-electron chi connectivity index (χ1n) is 4.45. The van der Waals surface area contributed by atoms with Crippen molar-refractivity contribution in [2.24, 2.45) is 11.7 Å². The highest BCUT2D eigenvalue weighted by atomic mass is 16.3. The Kier molecular flexibility index (Phi) is 3.72. The molecular formula is C9H17NO2. The summed E-state index contributed by atoms with van der Waals surface area (Å²) in [5, 5.41) is 18.8. The first-order valence-corrected chi connectivity index (χ1v) is 4.45. The maximum Gasteiger partial charge on any atom is 0.0666 e. The lowest BCUT2D eigenvalue weighted by atomic mass is 9.87. The molecule has 0 aliphatic heterocycles. The van der Waals surface area contributed by atoms with Gasteiger partial charge in [-0.15, -0.1) is 0 Å². The second-order valence-electron chi connectivity index (χ2n) is 3.40. The van der Waals surface area contributed by atoms with Crippen molar-refractivity contribution in [3.05, 3.63) is 12.2 Å². The number of hydrogen-bond donors (Lipinski definition) is 3. The third-order valence-electron chi connectivity index (χ3n) is 2.37. The zero-order valence-corrected chi connectivity index (χ0v) is 7.19. The van der Waals surface area contributed by atoms with Crippen molar-refractivity contribution in [2.45, 2.75) is 31.5 Å². The quantitative estimate of drug-likeness (QED) is 0.525. The van der Waals surface area contributed by atoms with Crippen LogP contribution in [0.15, 0.2) is 12.2 Å². The molecule has 0 heterocycles. The van der Waals surface area contributed by atoms with E-state index in [1.54, 1.807) is 0 Å². The van der Waals surface area contributed by atoms with E-state index in [2.05, 4.69) is 6.08 Å². The topological polar surface area (TPSA) is 66.5 Å². The fraction of sp³-hybridized carbons (Fsp3) is 0.778. The normalized spacial score (nSPS) is 31.9. The zero-order chi connectivity index (χ0) is 8.97. The molecule has 70 valence electrons. The largest absolute Gasteiger partial charge is 0.393 e. The van der Waals surface area contributed by atoms with Gasteiger partial charge in [0.15, 0.2) is 0 Å². The molecule has 4 N–H and O–H groups in total. The van der Waals surface area contributed by atoms with Crippen molar-refractivity contribution >= 4 is 0 Å². The molecule has 0 saturated heterocycles. The highest BCUT2D eigenvalue weighted by Gasteiger charge is 2.22. The molecule has 3 heteroatoms. The van der Waals surface area contributed by atoms with Gasteiger partial charge < -0.3 is 15.9 Å². The third kappa shape index (κ3) is 2.59. The average Bonchev–Trinajstić information content (AvgIpc) is 2.09. The van der Waals surface area contributed by atoms with E-state index in [1.165, 1.54) is 0 Å². The summed E-state index contributed by atoms with van der Waals surface area (Å²) in [4.78, 5) is 0. The van der Waals surface area contributed by atoms with E-state index >= 15 is 0 Å². The Bertz CT molecular complexity index is 159. The summed E-state index contributed by atoms with van der Waals surface area (Å²) in [6.07, 6.45) is 5.46. The molecule has 0 aromatic heterocycles. The van der Waals surface area contributed by atoms with Crippen molar-refractivity contribution in [3.8, 4) is 0 Å². The number of allylic oxidation sites excluding steroid dienone is 1. The fourth-order valence-corrected chi connectivity index (χ4v) is 1.56. The van der Waals surface area contributed by atoms with Gasteiger partial charge in [0.25, 0.3) is 0 Å². The predicted molar refractivity (Wildman–Crippen MR) is 47.5 cm³/mol. The molecule has 12 heavy (non-hydrogen) atoms. The van der Waals surface area contributed by atoms with Crippen LogP contribution in [0.1, 0.15) is 19.3 Å². The maximum atomic E-state index is 9.51. The summed E-state index contributed by atoms with van der Waals surface area (Å²) in [5.74, 6) is 0.188. The molecule has 1 aliphatic rings. The lowest BCUT2D eigenvalue weighted by Gasteiger charge is -2.25. The highest BCUT2D eigenvalue weighted by molar-refractivity contribution is 4.95. The van der Waals surface area contributed by atoms with Gasteiger partial charge in [-0.2, -0.15) is 0 Å². The summed E-state index contributed by atoms with van der Waals surface area (Å²) in [7, 11) is 0. The Morgan fingerprint density at radius 3 is 2.67 bits per heavy atom. The molecule has 0 bridgehead atoms. The SMILES string of the molecule is NC[C@@H](O)CC1CC=CCC1O. The molecule has 0 aromatic carbocycles. The summed E-state index contributed by atoms with van der Waals surface area (Å²) in [5.41, 5.74) is 5.29. The molecule has 2 unspecified atom stereocenters. The van der Waals surface area contributed by atoms with Crippen molar-refractivity contribution in [2.75, 3.05) is 6.54 Å². The molecule has 3 atom stereocenters. The van der Waals surface area contributed by atoms with E-state index in [0.29, 0.717) is 12.8 Å². The van der Waals surface area contributed by atoms with Gasteiger partial charge in [0.2, 0.25) is 0 Å². The summed E-state index contributed by atoms with van der Waals surface area (Å²) in [6, 6.07) is 0. The first-order chi connectivity index (χ1) is 5.74. The van der Waals surface area contributed by atoms with Crippen LogP contribution in [-0.4, -0.2) is 29.0 Å². The van der Waals surface area contributed by atoms with Gasteiger partial charge >= 0.3 is 0 Å². The summed E-state index contributed by atoms with van der Waals surface area (Å²) < 4.78 is 0. The van der Waals surface area contributed by atoms with Gasteiger partial charge in [-0.3, -0.25) is 0 Å². The minimum Gasteiger partial charge on any atom is -0.393 e. The van der Waals surface area contributed by atoms with E-state index < -0.39 is 6.10 Å². The van der Waals surface area contributed by atoms with E-state index in [9.17, 15) is 10.2 Å². The molecule has 0 fully saturated rings. The maximum absolute atomic E-state index is 9.51. The van der Waals surface area contributed by atoms with Gasteiger partial charge in [-0.25, -0.2) is 0 Å². The second kappa shape index (κ2) is 4.60. The minimum absolute atomic E-state index is 0.188. The van der Waals surface area contributed by atoms with Gasteiger partial charge in [-0.05, 0) is 25.2 Å². The van der Waals surface area contributed by atoms with Crippen molar-refractivity contribution in [1.29, 1.82) is 0 Å². The predicted octanol–water partition coefficient (Wildman–Crippen LogP) is 0.0232. The molecule has 0 amide bonds. The second-order valence-corrected chi connectivity index (χ2v) is 3.40. The van der Waals surface area contributed by atoms with Crippen molar-refractivity contribution in [3.63, 3.8) is 0 Å². The zero-order valence-electron chi connectivity index (χ0n) is 7.19. The Hall–Kier alpha value is -0.380. The standard InChI is InChI=1S/C9H17NO2/c10-6-8(11)5-7-3-1-2-4-9(7)12/h1-2,7-9,11-12H,3-6,10H2/t7?,8-,9?/m0/s1. The minimum atomic E-state index is -0.462. The smallest absolute Gasteiger partial charge is 0.0666 e. The van der Waals surface area contributed by atoms with E-state index in [0.717, 1.165) is 6.42 Å². The van der Waals surface area contributed by atoms with Crippen LogP contribution in [0, 0.1) is 5.92 Å². The molecule has 3 nitrogen and oxygen atoms in total. The Balaban J connectivity index is 2.35. The van der Waals surface area contributed by atoms with Crippen LogP contribution < -0.4 is 5.73 Å². The summed E-state index contributed by atoms with van der Waals surface area (Å²) in [6.45, 7) is 0.285. The van der Waals surface area contributed by atoms with Crippen LogP contribution in [0.5, 0.6) is 0 Å². The molecule has 0 spiro atoms. The van der Waals surface area contributed by atoms with Crippen LogP contribution >= 0.6 is 0 Å². The van der Waals surface area contributed by atoms with Crippen LogP contribution in [-0.2, 0) is 0 Å². The van der Waals surface area contributed by atoms with Crippen LogP contribution in [0.25, 0.3) is 0 Å². The van der Waals surface area contributed by atoms with Crippen LogP contribution in [0.4, 0.5) is 0 Å². The number of hydrogen-bond acceptors (Lipinski definition) is 3. The highest BCUT2D eigenvalue weighted by Crippen LogP contribution is 2.23. The van der Waals surface area contributed by atoms with Gasteiger partial charge in [0.1, 0.15) is 0 Å². The first kappa shape index (κ1) is 9.71. The van der Waals surface area contributed by atoms with E-state index in [4.69, 9.17) is 5.73 Å². The summed E-state index contributed by atoms with van der Waals surface area (Å²) >= 11 is 0. The van der Waals surface area contributed by atoms with Crippen molar-refractivity contribution in [1.82, 2.24) is 0 Å². The number of nitrogens with two attached hydrogens (primary N) is 1. The van der Waals surface area contributed by atoms with Crippen LogP contribution in [0.3, 0.4) is 0 Å². The van der Waals surface area contributed by atoms with E-state index in [-0.39, 0.29) is 18.6 Å². The van der Waals surface area contributed by atoms with Crippen LogP contribution in [0.2, 0.25) is 0 Å². The number of aliphatic hydroxyl groups is 2. The Morgan fingerprint density at radius 1 is 1.42 bits per heavy atom. The third-order valence-corrected chi connectivity index (χ3v) is 2.37. The molecule has 0 radical (unpaired) electrons. The Labute approximate surface area is 72.9 Å². The lowest BCUT2D eigenvalue weighted by Crippen LogP contribution is -2.29. The molecule has 1 rings (SSSR count). The van der Waals surface area contributed by atoms with Crippen molar-refractivity contribution < 1.29 is 10.2 Å². The molecule has 1 aliphatic carbocycles. The number of aliphatic hydroxyl groups excluding tert-OH is 2. The monoisotopic (exact) mass is 171 g/mol.